The summed E-state index contributed by atoms with van der Waals surface area (Å²) in [4.78, 5) is 11.5. The zero-order valence-corrected chi connectivity index (χ0v) is 11.5. The largest absolute Gasteiger partial charge is 0.483 e. The lowest BCUT2D eigenvalue weighted by Gasteiger charge is -2.11. The molecule has 4 nitrogen and oxygen atoms in total. The number of anilines is 1. The van der Waals surface area contributed by atoms with Gasteiger partial charge in [-0.25, -0.2) is 0 Å². The molecule has 0 saturated carbocycles. The van der Waals surface area contributed by atoms with Crippen molar-refractivity contribution >= 4 is 11.6 Å². The van der Waals surface area contributed by atoms with Gasteiger partial charge in [-0.1, -0.05) is 13.3 Å². The molecule has 0 heterocycles. The summed E-state index contributed by atoms with van der Waals surface area (Å²) in [5.74, 6) is -0.369. The number of carbonyl (C=O) groups is 1. The van der Waals surface area contributed by atoms with E-state index in [9.17, 15) is 18.0 Å². The highest BCUT2D eigenvalue weighted by atomic mass is 19.4. The lowest BCUT2D eigenvalue weighted by molar-refractivity contribution is -0.153. The smallest absolute Gasteiger partial charge is 0.422 e. The second-order valence-electron chi connectivity index (χ2n) is 4.38. The van der Waals surface area contributed by atoms with E-state index in [4.69, 9.17) is 5.26 Å². The Morgan fingerprint density at radius 1 is 1.43 bits per heavy atom. The van der Waals surface area contributed by atoms with Gasteiger partial charge in [-0.3, -0.25) is 4.79 Å². The van der Waals surface area contributed by atoms with Crippen molar-refractivity contribution in [2.45, 2.75) is 32.4 Å². The summed E-state index contributed by atoms with van der Waals surface area (Å²) < 4.78 is 40.8. The second-order valence-corrected chi connectivity index (χ2v) is 4.38. The maximum atomic E-state index is 12.1. The molecule has 1 aromatic carbocycles. The molecule has 0 aliphatic rings. The fraction of sp³-hybridized carbons (Fsp3) is 0.429. The normalized spacial score (nSPS) is 10.8. The lowest BCUT2D eigenvalue weighted by Crippen LogP contribution is -2.19. The molecule has 0 spiro atoms. The predicted molar refractivity (Wildman–Crippen MR) is 70.9 cm³/mol. The number of amides is 1. The lowest BCUT2D eigenvalue weighted by atomic mass is 10.2. The molecular formula is C14H15F3N2O2. The van der Waals surface area contributed by atoms with Crippen LogP contribution in [0.1, 0.15) is 31.7 Å². The van der Waals surface area contributed by atoms with Gasteiger partial charge in [0.05, 0.1) is 5.56 Å². The van der Waals surface area contributed by atoms with E-state index in [0.717, 1.165) is 12.8 Å². The minimum atomic E-state index is -4.47. The molecule has 0 unspecified atom stereocenters. The molecule has 0 radical (unpaired) electrons. The number of benzene rings is 1. The van der Waals surface area contributed by atoms with Gasteiger partial charge >= 0.3 is 6.18 Å². The Morgan fingerprint density at radius 2 is 2.14 bits per heavy atom. The van der Waals surface area contributed by atoms with Crippen LogP contribution in [0.4, 0.5) is 18.9 Å². The van der Waals surface area contributed by atoms with Gasteiger partial charge in [0.1, 0.15) is 11.8 Å². The molecule has 0 saturated heterocycles. The Labute approximate surface area is 120 Å². The predicted octanol–water partition coefficient (Wildman–Crippen LogP) is 3.63. The quantitative estimate of drug-likeness (QED) is 0.872. The number of carbonyl (C=O) groups excluding carboxylic acids is 1. The third-order valence-electron chi connectivity index (χ3n) is 2.53. The van der Waals surface area contributed by atoms with Crippen molar-refractivity contribution in [2.75, 3.05) is 11.9 Å². The summed E-state index contributed by atoms with van der Waals surface area (Å²) in [7, 11) is 0. The Hall–Kier alpha value is -2.23. The minimum absolute atomic E-state index is 0.0625. The highest BCUT2D eigenvalue weighted by Gasteiger charge is 2.28. The number of nitrogens with zero attached hydrogens (tertiary/aromatic N) is 1. The van der Waals surface area contributed by atoms with E-state index in [2.05, 4.69) is 10.1 Å². The number of alkyl halides is 3. The van der Waals surface area contributed by atoms with Gasteiger partial charge in [0.25, 0.3) is 0 Å². The van der Waals surface area contributed by atoms with Crippen molar-refractivity contribution in [3.63, 3.8) is 0 Å². The molecule has 0 aliphatic heterocycles. The minimum Gasteiger partial charge on any atom is -0.483 e. The van der Waals surface area contributed by atoms with E-state index >= 15 is 0 Å². The van der Waals surface area contributed by atoms with E-state index in [-0.39, 0.29) is 17.2 Å². The molecule has 0 atom stereocenters. The summed E-state index contributed by atoms with van der Waals surface area (Å²) >= 11 is 0. The van der Waals surface area contributed by atoms with E-state index in [1.807, 2.05) is 6.92 Å². The first kappa shape index (κ1) is 16.8. The summed E-state index contributed by atoms with van der Waals surface area (Å²) in [5, 5.41) is 11.5. The van der Waals surface area contributed by atoms with Gasteiger partial charge < -0.3 is 10.1 Å². The van der Waals surface area contributed by atoms with E-state index < -0.39 is 12.8 Å². The highest BCUT2D eigenvalue weighted by Crippen LogP contribution is 2.25. The number of unbranched alkanes of at least 4 members (excludes halogenated alkanes) is 1. The van der Waals surface area contributed by atoms with Crippen molar-refractivity contribution in [3.8, 4) is 11.8 Å². The van der Waals surface area contributed by atoms with Gasteiger partial charge in [0.15, 0.2) is 6.61 Å². The van der Waals surface area contributed by atoms with Crippen molar-refractivity contribution in [2.24, 2.45) is 0 Å². The Morgan fingerprint density at radius 3 is 2.71 bits per heavy atom. The van der Waals surface area contributed by atoms with E-state index in [1.54, 1.807) is 6.07 Å². The maximum absolute atomic E-state index is 12.1. The number of nitriles is 1. The molecule has 7 heteroatoms. The van der Waals surface area contributed by atoms with Crippen LogP contribution in [0, 0.1) is 11.3 Å². The van der Waals surface area contributed by atoms with Crippen LogP contribution < -0.4 is 10.1 Å². The molecule has 1 N–H and O–H groups in total. The number of ether oxygens (including phenoxy) is 1. The summed E-state index contributed by atoms with van der Waals surface area (Å²) in [6, 6.07) is 5.67. The molecule has 1 aromatic rings. The maximum Gasteiger partial charge on any atom is 0.422 e. The monoisotopic (exact) mass is 300 g/mol. The van der Waals surface area contributed by atoms with Crippen LogP contribution in [0.5, 0.6) is 5.75 Å². The van der Waals surface area contributed by atoms with Gasteiger partial charge in [0.2, 0.25) is 5.91 Å². The first-order chi connectivity index (χ1) is 9.85. The molecule has 0 aliphatic carbocycles. The Balaban J connectivity index is 2.75. The van der Waals surface area contributed by atoms with Crippen LogP contribution in [0.3, 0.4) is 0 Å². The number of hydrogen-bond acceptors (Lipinski definition) is 3. The van der Waals surface area contributed by atoms with Crippen LogP contribution in [-0.4, -0.2) is 18.7 Å². The first-order valence-corrected chi connectivity index (χ1v) is 6.39. The van der Waals surface area contributed by atoms with Gasteiger partial charge in [-0.05, 0) is 24.6 Å². The molecule has 0 bridgehead atoms. The Kier molecular flexibility index (Phi) is 6.03. The van der Waals surface area contributed by atoms with Gasteiger partial charge in [0, 0.05) is 12.1 Å². The SMILES string of the molecule is CCCCC(=O)Nc1ccc(OCC(F)(F)F)c(C#N)c1. The van der Waals surface area contributed by atoms with Gasteiger partial charge in [-0.2, -0.15) is 18.4 Å². The molecule has 114 valence electrons. The standard InChI is InChI=1S/C14H15F3N2O2/c1-2-3-4-13(20)19-11-5-6-12(10(7-11)8-18)21-9-14(15,16)17/h5-7H,2-4,9H2,1H3,(H,19,20). The summed E-state index contributed by atoms with van der Waals surface area (Å²) in [6.07, 6.45) is -2.50. The topological polar surface area (TPSA) is 62.1 Å². The van der Waals surface area contributed by atoms with Crippen LogP contribution in [0.2, 0.25) is 0 Å². The van der Waals surface area contributed by atoms with E-state index in [0.29, 0.717) is 12.1 Å². The van der Waals surface area contributed by atoms with Crippen LogP contribution in [0.15, 0.2) is 18.2 Å². The van der Waals surface area contributed by atoms with Crippen molar-refractivity contribution in [3.05, 3.63) is 23.8 Å². The zero-order valence-electron chi connectivity index (χ0n) is 11.5. The molecular weight excluding hydrogens is 285 g/mol. The third-order valence-corrected chi connectivity index (χ3v) is 2.53. The molecule has 1 rings (SSSR count). The zero-order chi connectivity index (χ0) is 15.9. The van der Waals surface area contributed by atoms with Crippen LogP contribution in [-0.2, 0) is 4.79 Å². The summed E-state index contributed by atoms with van der Waals surface area (Å²) in [5.41, 5.74) is 0.291. The fourth-order valence-corrected chi connectivity index (χ4v) is 1.54. The Bertz CT molecular complexity index is 536. The molecule has 1 amide bonds. The van der Waals surface area contributed by atoms with Crippen molar-refractivity contribution in [1.29, 1.82) is 5.26 Å². The summed E-state index contributed by atoms with van der Waals surface area (Å²) in [6.45, 7) is 0.484. The van der Waals surface area contributed by atoms with Crippen LogP contribution in [0.25, 0.3) is 0 Å². The molecule has 0 aromatic heterocycles. The highest BCUT2D eigenvalue weighted by molar-refractivity contribution is 5.91. The average molecular weight is 300 g/mol. The van der Waals surface area contributed by atoms with Crippen molar-refractivity contribution in [1.82, 2.24) is 0 Å². The molecule has 21 heavy (non-hydrogen) atoms. The fourth-order valence-electron chi connectivity index (χ4n) is 1.54. The number of halogens is 3. The van der Waals surface area contributed by atoms with Gasteiger partial charge in [-0.15, -0.1) is 0 Å². The number of hydrogen-bond donors (Lipinski definition) is 1. The number of rotatable bonds is 6. The van der Waals surface area contributed by atoms with Crippen molar-refractivity contribution < 1.29 is 22.7 Å². The van der Waals surface area contributed by atoms with E-state index in [1.165, 1.54) is 18.2 Å². The third kappa shape index (κ3) is 6.17. The second kappa shape index (κ2) is 7.53. The molecule has 0 fully saturated rings. The number of nitrogens with one attached hydrogen (secondary N) is 1. The van der Waals surface area contributed by atoms with Crippen LogP contribution >= 0.6 is 0 Å². The first-order valence-electron chi connectivity index (χ1n) is 6.39. The average Bonchev–Trinajstić information content (AvgIpc) is 2.42.